The molecule has 140 valence electrons. The van der Waals surface area contributed by atoms with Gasteiger partial charge in [-0.25, -0.2) is 0 Å². The topological polar surface area (TPSA) is 26.3 Å². The van der Waals surface area contributed by atoms with Crippen molar-refractivity contribution in [2.45, 2.75) is 37.1 Å². The van der Waals surface area contributed by atoms with E-state index in [1.807, 2.05) is 13.0 Å². The van der Waals surface area contributed by atoms with Crippen molar-refractivity contribution < 1.29 is 22.7 Å². The maximum Gasteiger partial charge on any atom is 0.403 e. The lowest BCUT2D eigenvalue weighted by atomic mass is 9.93. The van der Waals surface area contributed by atoms with Gasteiger partial charge in [-0.15, -0.1) is 11.8 Å². The largest absolute Gasteiger partial charge is 0.465 e. The number of ether oxygens (including phenoxy) is 1. The number of carbonyl (C=O) groups is 1. The van der Waals surface area contributed by atoms with Crippen LogP contribution in [0.1, 0.15) is 28.9 Å². The highest BCUT2D eigenvalue weighted by Gasteiger charge is 2.52. The molecule has 2 rings (SSSR count). The minimum Gasteiger partial charge on any atom is -0.465 e. The zero-order valence-electron chi connectivity index (χ0n) is 14.8. The third-order valence-corrected chi connectivity index (χ3v) is 5.27. The first-order valence-electron chi connectivity index (χ1n) is 8.26. The van der Waals surface area contributed by atoms with E-state index in [0.717, 1.165) is 17.3 Å². The first-order chi connectivity index (χ1) is 12.2. The lowest BCUT2D eigenvalue weighted by Gasteiger charge is -2.28. The molecule has 0 heterocycles. The summed E-state index contributed by atoms with van der Waals surface area (Å²) in [6.45, 7) is 4.98. The van der Waals surface area contributed by atoms with E-state index in [2.05, 4.69) is 0 Å². The van der Waals surface area contributed by atoms with E-state index >= 15 is 0 Å². The number of aryl methyl sites for hydroxylation is 2. The standard InChI is InChI=1S/C20H21F3O2S/c1-4-25-19(24)17(20(21,22)23)18(26-15-8-6-5-7-9-15)16-12-13(2)10-11-14(16)3/h5-12,17-18H,4H2,1-3H3. The summed E-state index contributed by atoms with van der Waals surface area (Å²) >= 11 is 1.03. The molecule has 2 unspecified atom stereocenters. The Hall–Kier alpha value is -1.95. The van der Waals surface area contributed by atoms with Gasteiger partial charge in [0, 0.05) is 4.90 Å². The molecule has 2 aromatic carbocycles. The molecule has 0 radical (unpaired) electrons. The van der Waals surface area contributed by atoms with Crippen molar-refractivity contribution in [2.24, 2.45) is 5.92 Å². The van der Waals surface area contributed by atoms with Gasteiger partial charge in [0.1, 0.15) is 0 Å². The fraction of sp³-hybridized carbons (Fsp3) is 0.350. The van der Waals surface area contributed by atoms with Crippen LogP contribution in [0, 0.1) is 19.8 Å². The summed E-state index contributed by atoms with van der Waals surface area (Å²) in [6, 6.07) is 14.1. The van der Waals surface area contributed by atoms with Crippen LogP contribution < -0.4 is 0 Å². The first kappa shape index (κ1) is 20.4. The summed E-state index contributed by atoms with van der Waals surface area (Å²) < 4.78 is 46.3. The number of hydrogen-bond donors (Lipinski definition) is 0. The molecule has 2 atom stereocenters. The molecule has 0 aromatic heterocycles. The Bertz CT molecular complexity index is 744. The van der Waals surface area contributed by atoms with Crippen molar-refractivity contribution >= 4 is 17.7 Å². The fourth-order valence-corrected chi connectivity index (χ4v) is 4.07. The zero-order valence-corrected chi connectivity index (χ0v) is 15.7. The predicted molar refractivity (Wildman–Crippen MR) is 97.1 cm³/mol. The Labute approximate surface area is 155 Å². The van der Waals surface area contributed by atoms with Crippen LogP contribution in [0.15, 0.2) is 53.4 Å². The number of esters is 1. The van der Waals surface area contributed by atoms with Crippen LogP contribution in [-0.4, -0.2) is 18.8 Å². The van der Waals surface area contributed by atoms with Gasteiger partial charge in [-0.2, -0.15) is 13.2 Å². The van der Waals surface area contributed by atoms with Crippen molar-refractivity contribution in [1.29, 1.82) is 0 Å². The molecule has 0 bridgehead atoms. The second kappa shape index (κ2) is 8.62. The molecule has 2 aromatic rings. The maximum atomic E-state index is 13.9. The Morgan fingerprint density at radius 1 is 1.12 bits per heavy atom. The Kier molecular flexibility index (Phi) is 6.75. The molecule has 0 aliphatic rings. The highest BCUT2D eigenvalue weighted by atomic mass is 32.2. The second-order valence-electron chi connectivity index (χ2n) is 5.98. The summed E-state index contributed by atoms with van der Waals surface area (Å²) in [7, 11) is 0. The quantitative estimate of drug-likeness (QED) is 0.461. The Morgan fingerprint density at radius 3 is 2.35 bits per heavy atom. The third kappa shape index (κ3) is 5.04. The van der Waals surface area contributed by atoms with Crippen LogP contribution in [0.25, 0.3) is 0 Å². The third-order valence-electron chi connectivity index (χ3n) is 3.94. The molecule has 0 saturated heterocycles. The summed E-state index contributed by atoms with van der Waals surface area (Å²) in [5.74, 6) is -3.48. The normalized spacial score (nSPS) is 13.9. The van der Waals surface area contributed by atoms with E-state index in [9.17, 15) is 18.0 Å². The average molecular weight is 382 g/mol. The van der Waals surface area contributed by atoms with Crippen LogP contribution in [0.4, 0.5) is 13.2 Å². The Morgan fingerprint density at radius 2 is 1.77 bits per heavy atom. The van der Waals surface area contributed by atoms with Crippen LogP contribution >= 0.6 is 11.8 Å². The number of alkyl halides is 3. The maximum absolute atomic E-state index is 13.9. The smallest absolute Gasteiger partial charge is 0.403 e. The van der Waals surface area contributed by atoms with Gasteiger partial charge in [0.2, 0.25) is 0 Å². The molecular weight excluding hydrogens is 361 g/mol. The molecule has 6 heteroatoms. The van der Waals surface area contributed by atoms with Crippen molar-refractivity contribution in [3.05, 3.63) is 65.2 Å². The van der Waals surface area contributed by atoms with Crippen molar-refractivity contribution in [1.82, 2.24) is 0 Å². The molecule has 2 nitrogen and oxygen atoms in total. The average Bonchev–Trinajstić information content (AvgIpc) is 2.56. The SMILES string of the molecule is CCOC(=O)C(C(Sc1ccccc1)c1cc(C)ccc1C)C(F)(F)F. The highest BCUT2D eigenvalue weighted by molar-refractivity contribution is 7.99. The molecule has 0 aliphatic carbocycles. The minimum absolute atomic E-state index is 0.0963. The molecular formula is C20H21F3O2S. The molecule has 0 saturated carbocycles. The molecule has 0 fully saturated rings. The summed E-state index contributed by atoms with van der Waals surface area (Å²) in [5.41, 5.74) is 2.05. The zero-order chi connectivity index (χ0) is 19.3. The van der Waals surface area contributed by atoms with Gasteiger partial charge >= 0.3 is 12.1 Å². The van der Waals surface area contributed by atoms with E-state index in [4.69, 9.17) is 4.74 Å². The van der Waals surface area contributed by atoms with Gasteiger partial charge in [0.25, 0.3) is 0 Å². The Balaban J connectivity index is 2.56. The molecule has 26 heavy (non-hydrogen) atoms. The number of hydrogen-bond acceptors (Lipinski definition) is 3. The molecule has 0 aliphatic heterocycles. The lowest BCUT2D eigenvalue weighted by molar-refractivity contribution is -0.197. The van der Waals surface area contributed by atoms with E-state index in [1.165, 1.54) is 6.92 Å². The number of benzene rings is 2. The fourth-order valence-electron chi connectivity index (χ4n) is 2.68. The van der Waals surface area contributed by atoms with Gasteiger partial charge in [-0.1, -0.05) is 42.0 Å². The van der Waals surface area contributed by atoms with Crippen LogP contribution in [0.2, 0.25) is 0 Å². The van der Waals surface area contributed by atoms with Crippen molar-refractivity contribution in [3.8, 4) is 0 Å². The molecule has 0 N–H and O–H groups in total. The van der Waals surface area contributed by atoms with Gasteiger partial charge < -0.3 is 4.74 Å². The van der Waals surface area contributed by atoms with Crippen LogP contribution in [0.3, 0.4) is 0 Å². The minimum atomic E-state index is -4.71. The van der Waals surface area contributed by atoms with E-state index in [0.29, 0.717) is 16.0 Å². The number of halogens is 3. The van der Waals surface area contributed by atoms with Gasteiger partial charge in [0.05, 0.1) is 11.9 Å². The van der Waals surface area contributed by atoms with E-state index in [1.54, 1.807) is 49.4 Å². The summed E-state index contributed by atoms with van der Waals surface area (Å²) in [5, 5.41) is -1.13. The lowest BCUT2D eigenvalue weighted by Crippen LogP contribution is -2.36. The van der Waals surface area contributed by atoms with Gasteiger partial charge in [-0.05, 0) is 44.0 Å². The number of rotatable bonds is 6. The van der Waals surface area contributed by atoms with Crippen LogP contribution in [-0.2, 0) is 9.53 Å². The predicted octanol–water partition coefficient (Wildman–Crippen LogP) is 5.88. The van der Waals surface area contributed by atoms with E-state index in [-0.39, 0.29) is 6.61 Å². The van der Waals surface area contributed by atoms with E-state index < -0.39 is 23.3 Å². The van der Waals surface area contributed by atoms with Gasteiger partial charge in [-0.3, -0.25) is 4.79 Å². The van der Waals surface area contributed by atoms with Gasteiger partial charge in [0.15, 0.2) is 5.92 Å². The number of carbonyl (C=O) groups excluding carboxylic acids is 1. The first-order valence-corrected chi connectivity index (χ1v) is 9.14. The summed E-state index contributed by atoms with van der Waals surface area (Å²) in [6.07, 6.45) is -4.71. The monoisotopic (exact) mass is 382 g/mol. The summed E-state index contributed by atoms with van der Waals surface area (Å²) in [4.78, 5) is 12.9. The number of thioether (sulfide) groups is 1. The molecule has 0 amide bonds. The van der Waals surface area contributed by atoms with Crippen molar-refractivity contribution in [2.75, 3.05) is 6.61 Å². The van der Waals surface area contributed by atoms with Crippen LogP contribution in [0.5, 0.6) is 0 Å². The second-order valence-corrected chi connectivity index (χ2v) is 7.20. The molecule has 0 spiro atoms. The van der Waals surface area contributed by atoms with Crippen molar-refractivity contribution in [3.63, 3.8) is 0 Å². The highest BCUT2D eigenvalue weighted by Crippen LogP contribution is 2.48.